The van der Waals surface area contributed by atoms with E-state index in [0.717, 1.165) is 22.6 Å². The summed E-state index contributed by atoms with van der Waals surface area (Å²) in [5.41, 5.74) is 6.93. The van der Waals surface area contributed by atoms with Crippen LogP contribution in [-0.2, 0) is 0 Å². The van der Waals surface area contributed by atoms with E-state index < -0.39 is 0 Å². The third kappa shape index (κ3) is 3.35. The van der Waals surface area contributed by atoms with Crippen molar-refractivity contribution in [2.24, 2.45) is 5.92 Å². The third-order valence-electron chi connectivity index (χ3n) is 3.83. The zero-order valence-electron chi connectivity index (χ0n) is 11.3. The highest BCUT2D eigenvalue weighted by Gasteiger charge is 2.22. The summed E-state index contributed by atoms with van der Waals surface area (Å²) in [5.74, 6) is 1.80. The number of thioether (sulfide) groups is 1. The summed E-state index contributed by atoms with van der Waals surface area (Å²) in [4.78, 5) is 1.18. The van der Waals surface area contributed by atoms with Gasteiger partial charge in [-0.05, 0) is 37.0 Å². The van der Waals surface area contributed by atoms with E-state index in [2.05, 4.69) is 13.0 Å². The van der Waals surface area contributed by atoms with Crippen LogP contribution in [-0.4, -0.2) is 12.4 Å². The van der Waals surface area contributed by atoms with Crippen molar-refractivity contribution in [2.75, 3.05) is 12.8 Å². The van der Waals surface area contributed by atoms with Crippen molar-refractivity contribution in [1.29, 1.82) is 0 Å². The molecule has 1 aromatic rings. The van der Waals surface area contributed by atoms with E-state index in [1.807, 2.05) is 23.9 Å². The molecule has 0 spiro atoms. The van der Waals surface area contributed by atoms with Crippen molar-refractivity contribution in [1.82, 2.24) is 0 Å². The minimum absolute atomic E-state index is 0.720. The van der Waals surface area contributed by atoms with Gasteiger partial charge < -0.3 is 10.5 Å². The number of methoxy groups -OCH3 is 1. The Kier molecular flexibility index (Phi) is 4.81. The van der Waals surface area contributed by atoms with E-state index in [1.165, 1.54) is 37.0 Å². The fraction of sp³-hybridized carbons (Fsp3) is 0.600. The van der Waals surface area contributed by atoms with E-state index >= 15 is 0 Å². The Morgan fingerprint density at radius 2 is 2.22 bits per heavy atom. The lowest BCUT2D eigenvalue weighted by Gasteiger charge is -2.28. The molecule has 100 valence electrons. The van der Waals surface area contributed by atoms with Crippen molar-refractivity contribution in [3.8, 4) is 5.75 Å². The number of nitrogens with two attached hydrogens (primary N) is 1. The minimum atomic E-state index is 0.720. The number of anilines is 1. The Balaban J connectivity index is 2.04. The molecule has 0 saturated heterocycles. The molecule has 1 saturated carbocycles. The molecule has 0 heterocycles. The molecule has 0 bridgehead atoms. The van der Waals surface area contributed by atoms with E-state index in [-0.39, 0.29) is 0 Å². The van der Waals surface area contributed by atoms with Gasteiger partial charge in [-0.3, -0.25) is 0 Å². The second-order valence-corrected chi connectivity index (χ2v) is 6.43. The first-order chi connectivity index (χ1) is 8.72. The Hall–Kier alpha value is -0.830. The molecule has 1 aliphatic rings. The first-order valence-electron chi connectivity index (χ1n) is 6.83. The number of benzene rings is 1. The molecule has 0 radical (unpaired) electrons. The van der Waals surface area contributed by atoms with E-state index in [9.17, 15) is 0 Å². The maximum absolute atomic E-state index is 6.05. The first kappa shape index (κ1) is 13.6. The topological polar surface area (TPSA) is 35.2 Å². The molecule has 2 N–H and O–H groups in total. The highest BCUT2D eigenvalue weighted by molar-refractivity contribution is 8.00. The van der Waals surface area contributed by atoms with Crippen LogP contribution in [0.5, 0.6) is 5.75 Å². The van der Waals surface area contributed by atoms with Crippen LogP contribution in [0.3, 0.4) is 0 Å². The van der Waals surface area contributed by atoms with Crippen molar-refractivity contribution in [3.63, 3.8) is 0 Å². The van der Waals surface area contributed by atoms with Gasteiger partial charge in [0, 0.05) is 15.8 Å². The summed E-state index contributed by atoms with van der Waals surface area (Å²) in [6.07, 6.45) is 6.72. The van der Waals surface area contributed by atoms with Crippen LogP contribution in [0, 0.1) is 5.92 Å². The maximum Gasteiger partial charge on any atom is 0.120 e. The summed E-state index contributed by atoms with van der Waals surface area (Å²) in [7, 11) is 1.70. The van der Waals surface area contributed by atoms with Crippen LogP contribution in [0.4, 0.5) is 5.69 Å². The van der Waals surface area contributed by atoms with Gasteiger partial charge in [-0.1, -0.05) is 26.2 Å². The van der Waals surface area contributed by atoms with Crippen molar-refractivity contribution < 1.29 is 4.74 Å². The lowest BCUT2D eigenvalue weighted by molar-refractivity contribution is 0.357. The van der Waals surface area contributed by atoms with Gasteiger partial charge in [-0.15, -0.1) is 11.8 Å². The molecule has 2 nitrogen and oxygen atoms in total. The number of hydrogen-bond acceptors (Lipinski definition) is 3. The van der Waals surface area contributed by atoms with E-state index in [4.69, 9.17) is 10.5 Å². The van der Waals surface area contributed by atoms with Crippen LogP contribution in [0.25, 0.3) is 0 Å². The van der Waals surface area contributed by atoms with Gasteiger partial charge in [-0.2, -0.15) is 0 Å². The number of hydrogen-bond donors (Lipinski definition) is 1. The fourth-order valence-corrected chi connectivity index (χ4v) is 4.04. The van der Waals surface area contributed by atoms with E-state index in [0.29, 0.717) is 0 Å². The Morgan fingerprint density at radius 1 is 1.39 bits per heavy atom. The third-order valence-corrected chi connectivity index (χ3v) is 5.20. The molecular weight excluding hydrogens is 242 g/mol. The van der Waals surface area contributed by atoms with Gasteiger partial charge in [0.15, 0.2) is 0 Å². The Morgan fingerprint density at radius 3 is 2.94 bits per heavy atom. The predicted molar refractivity (Wildman–Crippen MR) is 79.3 cm³/mol. The average molecular weight is 265 g/mol. The SMILES string of the molecule is CCC1CCCC(Sc2cc(OC)ccc2N)C1. The molecule has 1 aliphatic carbocycles. The Bertz CT molecular complexity index is 394. The molecular formula is C15H23NOS. The normalized spacial score (nSPS) is 23.9. The van der Waals surface area contributed by atoms with Gasteiger partial charge in [0.2, 0.25) is 0 Å². The largest absolute Gasteiger partial charge is 0.497 e. The summed E-state index contributed by atoms with van der Waals surface area (Å²) in [6.45, 7) is 2.30. The molecule has 3 heteroatoms. The van der Waals surface area contributed by atoms with Crippen LogP contribution < -0.4 is 10.5 Å². The molecule has 18 heavy (non-hydrogen) atoms. The number of rotatable bonds is 4. The molecule has 2 rings (SSSR count). The van der Waals surface area contributed by atoms with Crippen LogP contribution in [0.15, 0.2) is 23.1 Å². The molecule has 0 aliphatic heterocycles. The molecule has 1 aromatic carbocycles. The highest BCUT2D eigenvalue weighted by atomic mass is 32.2. The standard InChI is InChI=1S/C15H23NOS/c1-3-11-5-4-6-13(9-11)18-15-10-12(17-2)7-8-14(15)16/h7-8,10-11,13H,3-6,9,16H2,1-2H3. The van der Waals surface area contributed by atoms with Crippen molar-refractivity contribution in [2.45, 2.75) is 49.2 Å². The van der Waals surface area contributed by atoms with Gasteiger partial charge in [-0.25, -0.2) is 0 Å². The molecule has 1 fully saturated rings. The molecule has 2 atom stereocenters. The predicted octanol–water partition coefficient (Wildman–Crippen LogP) is 4.34. The summed E-state index contributed by atoms with van der Waals surface area (Å²) in [6, 6.07) is 5.94. The van der Waals surface area contributed by atoms with Crippen molar-refractivity contribution in [3.05, 3.63) is 18.2 Å². The lowest BCUT2D eigenvalue weighted by Crippen LogP contribution is -2.16. The fourth-order valence-electron chi connectivity index (χ4n) is 2.64. The van der Waals surface area contributed by atoms with Gasteiger partial charge in [0.25, 0.3) is 0 Å². The van der Waals surface area contributed by atoms with Crippen LogP contribution >= 0.6 is 11.8 Å². The summed E-state index contributed by atoms with van der Waals surface area (Å²) < 4.78 is 5.27. The smallest absolute Gasteiger partial charge is 0.120 e. The summed E-state index contributed by atoms with van der Waals surface area (Å²) >= 11 is 1.93. The number of nitrogen functional groups attached to an aromatic ring is 1. The zero-order valence-corrected chi connectivity index (χ0v) is 12.1. The van der Waals surface area contributed by atoms with Crippen molar-refractivity contribution >= 4 is 17.4 Å². The molecule has 0 aromatic heterocycles. The molecule has 2 unspecified atom stereocenters. The zero-order chi connectivity index (χ0) is 13.0. The van der Waals surface area contributed by atoms with Gasteiger partial charge in [0.05, 0.1) is 7.11 Å². The minimum Gasteiger partial charge on any atom is -0.497 e. The number of ether oxygens (including phenoxy) is 1. The first-order valence-corrected chi connectivity index (χ1v) is 7.71. The monoisotopic (exact) mass is 265 g/mol. The second-order valence-electron chi connectivity index (χ2n) is 5.08. The second kappa shape index (κ2) is 6.37. The van der Waals surface area contributed by atoms with Crippen LogP contribution in [0.2, 0.25) is 0 Å². The average Bonchev–Trinajstić information content (AvgIpc) is 2.41. The molecule has 0 amide bonds. The highest BCUT2D eigenvalue weighted by Crippen LogP contribution is 2.40. The quantitative estimate of drug-likeness (QED) is 0.823. The van der Waals surface area contributed by atoms with Gasteiger partial charge >= 0.3 is 0 Å². The van der Waals surface area contributed by atoms with E-state index in [1.54, 1.807) is 7.11 Å². The Labute approximate surface area is 114 Å². The van der Waals surface area contributed by atoms with Crippen LogP contribution in [0.1, 0.15) is 39.0 Å². The lowest BCUT2D eigenvalue weighted by atomic mass is 9.87. The maximum atomic E-state index is 6.05. The van der Waals surface area contributed by atoms with Gasteiger partial charge in [0.1, 0.15) is 5.75 Å². The summed E-state index contributed by atoms with van der Waals surface area (Å²) in [5, 5.41) is 0.720.